The first-order valence-corrected chi connectivity index (χ1v) is 10.5. The van der Waals surface area contributed by atoms with Gasteiger partial charge in [0.1, 0.15) is 11.2 Å². The molecule has 0 fully saturated rings. The Morgan fingerprint density at radius 2 is 1.81 bits per heavy atom. The standard InChI is InChI=1S/C19H20ClF4N3O4S/c1-17(2,3)32(29)27-18(10-14(28)30-4,15-16(20)26-8-7-25-15)11-5-6-13(12(21)9-11)31-19(22,23)24/h5-9,27H,10H2,1-4H3. The molecule has 32 heavy (non-hydrogen) atoms. The van der Waals surface area contributed by atoms with E-state index in [4.69, 9.17) is 16.3 Å². The highest BCUT2D eigenvalue weighted by atomic mass is 35.5. The van der Waals surface area contributed by atoms with E-state index < -0.39 is 51.6 Å². The second-order valence-corrected chi connectivity index (χ2v) is 9.85. The normalized spacial score (nSPS) is 15.0. The minimum absolute atomic E-state index is 0.102. The molecular weight excluding hydrogens is 478 g/mol. The number of ether oxygens (including phenoxy) is 2. The highest BCUT2D eigenvalue weighted by Gasteiger charge is 2.44. The molecule has 2 aromatic rings. The van der Waals surface area contributed by atoms with E-state index >= 15 is 0 Å². The molecule has 0 aliphatic heterocycles. The van der Waals surface area contributed by atoms with Crippen molar-refractivity contribution in [2.75, 3.05) is 7.11 Å². The van der Waals surface area contributed by atoms with Crippen LogP contribution in [0.2, 0.25) is 5.15 Å². The smallest absolute Gasteiger partial charge is 0.469 e. The van der Waals surface area contributed by atoms with E-state index in [2.05, 4.69) is 19.4 Å². The third-order valence-corrected chi connectivity index (χ3v) is 6.09. The van der Waals surface area contributed by atoms with Crippen LogP contribution in [0.5, 0.6) is 5.75 Å². The number of nitrogens with zero attached hydrogens (tertiary/aromatic N) is 2. The van der Waals surface area contributed by atoms with Crippen LogP contribution in [0.4, 0.5) is 17.6 Å². The molecule has 13 heteroatoms. The summed E-state index contributed by atoms with van der Waals surface area (Å²) in [6, 6.07) is 2.52. The van der Waals surface area contributed by atoms with Gasteiger partial charge in [0.2, 0.25) is 0 Å². The summed E-state index contributed by atoms with van der Waals surface area (Å²) in [6.45, 7) is 4.91. The van der Waals surface area contributed by atoms with Crippen LogP contribution in [-0.4, -0.2) is 38.4 Å². The second kappa shape index (κ2) is 9.67. The van der Waals surface area contributed by atoms with E-state index in [0.29, 0.717) is 6.07 Å². The van der Waals surface area contributed by atoms with Gasteiger partial charge in [-0.3, -0.25) is 9.78 Å². The summed E-state index contributed by atoms with van der Waals surface area (Å²) in [6.07, 6.45) is -3.20. The second-order valence-electron chi connectivity index (χ2n) is 7.53. The van der Waals surface area contributed by atoms with Gasteiger partial charge in [-0.05, 0) is 38.5 Å². The van der Waals surface area contributed by atoms with Gasteiger partial charge in [0.25, 0.3) is 0 Å². The Kier molecular flexibility index (Phi) is 7.84. The highest BCUT2D eigenvalue weighted by Crippen LogP contribution is 2.39. The van der Waals surface area contributed by atoms with Gasteiger partial charge in [0, 0.05) is 12.4 Å². The molecule has 1 N–H and O–H groups in total. The van der Waals surface area contributed by atoms with E-state index in [0.717, 1.165) is 19.2 Å². The molecule has 1 aromatic carbocycles. The Morgan fingerprint density at radius 1 is 1.19 bits per heavy atom. The maximum Gasteiger partial charge on any atom is 0.573 e. The number of halogens is 5. The highest BCUT2D eigenvalue weighted by molar-refractivity contribution is 7.84. The summed E-state index contributed by atoms with van der Waals surface area (Å²) >= 11 is 6.21. The van der Waals surface area contributed by atoms with Crippen LogP contribution >= 0.6 is 11.6 Å². The van der Waals surface area contributed by atoms with Crippen molar-refractivity contribution >= 4 is 28.6 Å². The van der Waals surface area contributed by atoms with Crippen LogP contribution in [0.3, 0.4) is 0 Å². The summed E-state index contributed by atoms with van der Waals surface area (Å²) in [4.78, 5) is 20.4. The van der Waals surface area contributed by atoms with E-state index in [1.807, 2.05) is 0 Å². The Hall–Kier alpha value is -2.31. The van der Waals surface area contributed by atoms with Gasteiger partial charge in [-0.2, -0.15) is 0 Å². The van der Waals surface area contributed by atoms with Crippen molar-refractivity contribution in [1.29, 1.82) is 0 Å². The quantitative estimate of drug-likeness (QED) is 0.459. The Labute approximate surface area is 189 Å². The van der Waals surface area contributed by atoms with Crippen LogP contribution in [0.1, 0.15) is 38.4 Å². The molecule has 7 nitrogen and oxygen atoms in total. The first kappa shape index (κ1) is 25.9. The number of hydrogen-bond donors (Lipinski definition) is 1. The minimum Gasteiger partial charge on any atom is -0.469 e. The molecule has 0 bridgehead atoms. The lowest BCUT2D eigenvalue weighted by Crippen LogP contribution is -2.51. The Balaban J connectivity index is 2.78. The van der Waals surface area contributed by atoms with Gasteiger partial charge in [-0.25, -0.2) is 18.3 Å². The minimum atomic E-state index is -5.12. The number of carbonyl (C=O) groups is 1. The summed E-state index contributed by atoms with van der Waals surface area (Å²) in [7, 11) is -0.776. The molecule has 2 atom stereocenters. The molecule has 0 saturated carbocycles. The van der Waals surface area contributed by atoms with E-state index in [9.17, 15) is 26.6 Å². The molecule has 0 spiro atoms. The van der Waals surface area contributed by atoms with Crippen molar-refractivity contribution in [3.05, 3.63) is 52.8 Å². The van der Waals surface area contributed by atoms with Crippen molar-refractivity contribution in [3.63, 3.8) is 0 Å². The fourth-order valence-corrected chi connectivity index (χ4v) is 3.82. The lowest BCUT2D eigenvalue weighted by atomic mass is 9.84. The number of benzene rings is 1. The van der Waals surface area contributed by atoms with Crippen LogP contribution in [0, 0.1) is 5.82 Å². The lowest BCUT2D eigenvalue weighted by Gasteiger charge is -2.36. The monoisotopic (exact) mass is 497 g/mol. The summed E-state index contributed by atoms with van der Waals surface area (Å²) in [5, 5.41) is -0.203. The van der Waals surface area contributed by atoms with E-state index in [1.54, 1.807) is 20.8 Å². The summed E-state index contributed by atoms with van der Waals surface area (Å²) < 4.78 is 75.6. The first-order chi connectivity index (χ1) is 14.7. The lowest BCUT2D eigenvalue weighted by molar-refractivity contribution is -0.275. The van der Waals surface area contributed by atoms with Crippen molar-refractivity contribution in [2.24, 2.45) is 0 Å². The predicted molar refractivity (Wildman–Crippen MR) is 109 cm³/mol. The SMILES string of the molecule is COC(=O)CC(NS(=O)C(C)(C)C)(c1ccc(OC(F)(F)F)c(F)c1)c1nccnc1Cl. The molecular formula is C19H20ClF4N3O4S. The number of aromatic nitrogens is 2. The maximum atomic E-state index is 14.6. The number of methoxy groups -OCH3 is 1. The number of rotatable bonds is 7. The molecule has 0 saturated heterocycles. The molecule has 1 heterocycles. The third-order valence-electron chi connectivity index (χ3n) is 4.17. The summed E-state index contributed by atoms with van der Waals surface area (Å²) in [5.41, 5.74) is -2.07. The van der Waals surface area contributed by atoms with Crippen LogP contribution in [0.15, 0.2) is 30.6 Å². The van der Waals surface area contributed by atoms with E-state index in [1.165, 1.54) is 12.4 Å². The van der Waals surface area contributed by atoms with Crippen molar-refractivity contribution < 1.29 is 36.0 Å². The molecule has 1 aromatic heterocycles. The van der Waals surface area contributed by atoms with Crippen molar-refractivity contribution in [1.82, 2.24) is 14.7 Å². The predicted octanol–water partition coefficient (Wildman–Crippen LogP) is 4.03. The molecule has 2 rings (SSSR count). The topological polar surface area (TPSA) is 90.4 Å². The van der Waals surface area contributed by atoms with Gasteiger partial charge in [0.05, 0.1) is 29.3 Å². The molecule has 0 amide bonds. The number of nitrogens with one attached hydrogen (secondary N) is 1. The molecule has 176 valence electrons. The van der Waals surface area contributed by atoms with E-state index in [-0.39, 0.29) is 16.4 Å². The zero-order chi connectivity index (χ0) is 24.3. The number of hydrogen-bond acceptors (Lipinski definition) is 6. The van der Waals surface area contributed by atoms with Gasteiger partial charge in [0.15, 0.2) is 16.7 Å². The number of esters is 1. The molecule has 2 unspecified atom stereocenters. The fraction of sp³-hybridized carbons (Fsp3) is 0.421. The van der Waals surface area contributed by atoms with Gasteiger partial charge < -0.3 is 9.47 Å². The van der Waals surface area contributed by atoms with Gasteiger partial charge in [-0.15, -0.1) is 13.2 Å². The average Bonchev–Trinajstić information content (AvgIpc) is 2.67. The maximum absolute atomic E-state index is 14.6. The average molecular weight is 498 g/mol. The number of carbonyl (C=O) groups excluding carboxylic acids is 1. The summed E-state index contributed by atoms with van der Waals surface area (Å²) in [5.74, 6) is -3.28. The van der Waals surface area contributed by atoms with Crippen LogP contribution in [0.25, 0.3) is 0 Å². The molecule has 0 aliphatic carbocycles. The largest absolute Gasteiger partial charge is 0.573 e. The first-order valence-electron chi connectivity index (χ1n) is 8.99. The van der Waals surface area contributed by atoms with Gasteiger partial charge >= 0.3 is 12.3 Å². The molecule has 0 radical (unpaired) electrons. The van der Waals surface area contributed by atoms with Crippen molar-refractivity contribution in [2.45, 2.75) is 43.8 Å². The zero-order valence-corrected chi connectivity index (χ0v) is 19.0. The fourth-order valence-electron chi connectivity index (χ4n) is 2.65. The van der Waals surface area contributed by atoms with Crippen molar-refractivity contribution in [3.8, 4) is 5.75 Å². The Morgan fingerprint density at radius 3 is 2.31 bits per heavy atom. The van der Waals surface area contributed by atoms with Gasteiger partial charge in [-0.1, -0.05) is 17.7 Å². The van der Waals surface area contributed by atoms with Crippen LogP contribution in [-0.2, 0) is 26.1 Å². The van der Waals surface area contributed by atoms with Crippen LogP contribution < -0.4 is 9.46 Å². The zero-order valence-electron chi connectivity index (χ0n) is 17.4. The number of alkyl halides is 3. The Bertz CT molecular complexity index is 1020. The molecule has 0 aliphatic rings. The third kappa shape index (κ3) is 6.14.